The van der Waals surface area contributed by atoms with Crippen molar-refractivity contribution in [3.8, 4) is 0 Å². The monoisotopic (exact) mass is 556 g/mol. The lowest BCUT2D eigenvalue weighted by Crippen LogP contribution is -2.16. The van der Waals surface area contributed by atoms with Crippen molar-refractivity contribution in [2.24, 2.45) is 5.92 Å². The van der Waals surface area contributed by atoms with Gasteiger partial charge in [-0.1, -0.05) is 135 Å². The van der Waals surface area contributed by atoms with E-state index in [0.29, 0.717) is 5.92 Å². The molecule has 1 unspecified atom stereocenters. The first kappa shape index (κ1) is 30.3. The lowest BCUT2D eigenvalue weighted by atomic mass is 9.73. The van der Waals surface area contributed by atoms with Crippen molar-refractivity contribution in [1.29, 1.82) is 0 Å². The largest absolute Gasteiger partial charge is 0.0845 e. The minimum atomic E-state index is 0.448. The Kier molecular flexibility index (Phi) is 12.4. The van der Waals surface area contributed by atoms with Gasteiger partial charge in [0, 0.05) is 5.92 Å². The summed E-state index contributed by atoms with van der Waals surface area (Å²) in [5.41, 5.74) is 10.8. The van der Waals surface area contributed by atoms with Crippen LogP contribution in [0.5, 0.6) is 0 Å². The predicted molar refractivity (Wildman–Crippen MR) is 184 cm³/mol. The fourth-order valence-electron chi connectivity index (χ4n) is 7.22. The fourth-order valence-corrected chi connectivity index (χ4v) is 7.22. The van der Waals surface area contributed by atoms with Crippen LogP contribution < -0.4 is 0 Å². The second-order valence-electron chi connectivity index (χ2n) is 12.5. The molecule has 5 aliphatic rings. The molecule has 42 heavy (non-hydrogen) atoms. The van der Waals surface area contributed by atoms with Gasteiger partial charge >= 0.3 is 0 Å². The molecule has 0 radical (unpaired) electrons. The van der Waals surface area contributed by atoms with Crippen LogP contribution in [-0.2, 0) is 0 Å². The van der Waals surface area contributed by atoms with Gasteiger partial charge in [-0.05, 0) is 117 Å². The Bertz CT molecular complexity index is 1280. The minimum absolute atomic E-state index is 0.448. The van der Waals surface area contributed by atoms with Crippen molar-refractivity contribution in [2.45, 2.75) is 109 Å². The second kappa shape index (κ2) is 17.1. The van der Waals surface area contributed by atoms with E-state index < -0.39 is 0 Å². The van der Waals surface area contributed by atoms with Crippen molar-refractivity contribution in [3.05, 3.63) is 142 Å². The van der Waals surface area contributed by atoms with E-state index in [9.17, 15) is 0 Å². The third-order valence-electron chi connectivity index (χ3n) is 9.42. The van der Waals surface area contributed by atoms with Crippen molar-refractivity contribution >= 4 is 0 Å². The molecule has 5 rings (SSSR count). The van der Waals surface area contributed by atoms with E-state index in [0.717, 1.165) is 12.8 Å². The maximum absolute atomic E-state index is 2.65. The topological polar surface area (TPSA) is 0 Å². The van der Waals surface area contributed by atoms with E-state index in [-0.39, 0.29) is 0 Å². The number of allylic oxidation sites excluding steroid dienone is 24. The van der Waals surface area contributed by atoms with Gasteiger partial charge < -0.3 is 0 Å². The molecule has 0 aromatic rings. The van der Waals surface area contributed by atoms with Crippen LogP contribution in [0.25, 0.3) is 0 Å². The molecule has 0 saturated heterocycles. The number of hydrogen-bond donors (Lipinski definition) is 0. The highest BCUT2D eigenvalue weighted by molar-refractivity contribution is 5.67. The van der Waals surface area contributed by atoms with Crippen molar-refractivity contribution in [2.75, 3.05) is 0 Å². The SMILES string of the molecule is C1=CC=CC(C2=C(C3=CC=CC=CCC3)C(C3=CC=CCCCC3)CCCCC=C2C2=CCCCCCCC2)=CC=C1. The summed E-state index contributed by atoms with van der Waals surface area (Å²) < 4.78 is 0. The molecule has 0 heterocycles. The van der Waals surface area contributed by atoms with Crippen LogP contribution in [0.2, 0.25) is 0 Å². The number of hydrogen-bond acceptors (Lipinski definition) is 0. The normalized spacial score (nSPS) is 24.8. The Morgan fingerprint density at radius 3 is 2.21 bits per heavy atom. The molecule has 0 heteroatoms. The summed E-state index contributed by atoms with van der Waals surface area (Å²) in [6.45, 7) is 0. The van der Waals surface area contributed by atoms with Crippen LogP contribution >= 0.6 is 0 Å². The molecule has 0 fully saturated rings. The zero-order valence-electron chi connectivity index (χ0n) is 25.9. The average Bonchev–Trinajstić information content (AvgIpc) is 3.13. The molecule has 5 aliphatic carbocycles. The third kappa shape index (κ3) is 8.70. The van der Waals surface area contributed by atoms with Crippen LogP contribution in [-0.4, -0.2) is 0 Å². The molecule has 0 aromatic carbocycles. The standard InChI is InChI=1S/C42H52/c1-2-7-16-26-35(25-15-6-1)39-33-23-14-24-34-40(36-27-17-8-3-9-18-28-36)42(38-31-21-12-5-13-22-32-38)41(39)37-29-19-10-4-11-20-30-37/h4-5,8,10-13,17,19-21,25,27,29-31,33,40H,1-3,6-7,9,14-16,18,22-24,26,28,32,34H2. The molecular weight excluding hydrogens is 504 g/mol. The second-order valence-corrected chi connectivity index (χ2v) is 12.5. The van der Waals surface area contributed by atoms with E-state index in [1.807, 2.05) is 0 Å². The maximum Gasteiger partial charge on any atom is 0.00603 e. The molecule has 1 atom stereocenters. The Balaban J connectivity index is 1.79. The van der Waals surface area contributed by atoms with Crippen LogP contribution in [0, 0.1) is 5.92 Å². The molecular formula is C42H52. The summed E-state index contributed by atoms with van der Waals surface area (Å²) in [6, 6.07) is 0. The van der Waals surface area contributed by atoms with Crippen molar-refractivity contribution in [3.63, 3.8) is 0 Å². The van der Waals surface area contributed by atoms with Crippen molar-refractivity contribution < 1.29 is 0 Å². The van der Waals surface area contributed by atoms with Crippen LogP contribution in [0.15, 0.2) is 142 Å². The van der Waals surface area contributed by atoms with E-state index in [4.69, 9.17) is 0 Å². The van der Waals surface area contributed by atoms with E-state index in [2.05, 4.69) is 103 Å². The van der Waals surface area contributed by atoms with Gasteiger partial charge in [-0.25, -0.2) is 0 Å². The van der Waals surface area contributed by atoms with E-state index >= 15 is 0 Å². The summed E-state index contributed by atoms with van der Waals surface area (Å²) >= 11 is 0. The molecule has 0 aromatic heterocycles. The minimum Gasteiger partial charge on any atom is -0.0845 e. The molecule has 0 saturated carbocycles. The van der Waals surface area contributed by atoms with Crippen LogP contribution in [0.3, 0.4) is 0 Å². The van der Waals surface area contributed by atoms with Gasteiger partial charge in [0.2, 0.25) is 0 Å². The molecule has 220 valence electrons. The van der Waals surface area contributed by atoms with Gasteiger partial charge in [0.15, 0.2) is 0 Å². The third-order valence-corrected chi connectivity index (χ3v) is 9.42. The highest BCUT2D eigenvalue weighted by Crippen LogP contribution is 2.45. The highest BCUT2D eigenvalue weighted by Gasteiger charge is 2.29. The zero-order valence-corrected chi connectivity index (χ0v) is 25.9. The first-order valence-electron chi connectivity index (χ1n) is 17.2. The molecule has 0 bridgehead atoms. The quantitative estimate of drug-likeness (QED) is 0.323. The highest BCUT2D eigenvalue weighted by atomic mass is 14.3. The number of rotatable bonds is 4. The Morgan fingerprint density at radius 1 is 0.476 bits per heavy atom. The van der Waals surface area contributed by atoms with E-state index in [1.54, 1.807) is 16.7 Å². The first-order chi connectivity index (χ1) is 20.9. The summed E-state index contributed by atoms with van der Waals surface area (Å²) in [6.07, 6.45) is 61.2. The fraction of sp³-hybridized carbons (Fsp3) is 0.429. The Hall–Kier alpha value is -3.12. The lowest BCUT2D eigenvalue weighted by molar-refractivity contribution is 0.554. The summed E-state index contributed by atoms with van der Waals surface area (Å²) in [7, 11) is 0. The van der Waals surface area contributed by atoms with Crippen LogP contribution in [0.4, 0.5) is 0 Å². The summed E-state index contributed by atoms with van der Waals surface area (Å²) in [5.74, 6) is 0.448. The summed E-state index contributed by atoms with van der Waals surface area (Å²) in [4.78, 5) is 0. The zero-order chi connectivity index (χ0) is 28.7. The summed E-state index contributed by atoms with van der Waals surface area (Å²) in [5, 5.41) is 0. The molecule has 0 N–H and O–H groups in total. The van der Waals surface area contributed by atoms with Crippen LogP contribution in [0.1, 0.15) is 109 Å². The molecule has 0 nitrogen and oxygen atoms in total. The Morgan fingerprint density at radius 2 is 1.21 bits per heavy atom. The maximum atomic E-state index is 2.65. The van der Waals surface area contributed by atoms with Gasteiger partial charge in [-0.15, -0.1) is 0 Å². The van der Waals surface area contributed by atoms with Gasteiger partial charge in [0.05, 0.1) is 0 Å². The predicted octanol–water partition coefficient (Wildman–Crippen LogP) is 12.6. The van der Waals surface area contributed by atoms with Gasteiger partial charge in [0.25, 0.3) is 0 Å². The Labute approximate surface area is 256 Å². The van der Waals surface area contributed by atoms with E-state index in [1.165, 1.54) is 119 Å². The molecule has 0 spiro atoms. The average molecular weight is 557 g/mol. The van der Waals surface area contributed by atoms with Gasteiger partial charge in [0.1, 0.15) is 0 Å². The van der Waals surface area contributed by atoms with Crippen molar-refractivity contribution in [1.82, 2.24) is 0 Å². The van der Waals surface area contributed by atoms with Gasteiger partial charge in [-0.2, -0.15) is 0 Å². The smallest absolute Gasteiger partial charge is 0.00603 e. The lowest BCUT2D eigenvalue weighted by Gasteiger charge is -2.31. The van der Waals surface area contributed by atoms with Gasteiger partial charge in [-0.3, -0.25) is 0 Å². The molecule has 0 aliphatic heterocycles. The first-order valence-corrected chi connectivity index (χ1v) is 17.2. The molecule has 0 amide bonds.